The molecule has 0 radical (unpaired) electrons. The highest BCUT2D eigenvalue weighted by molar-refractivity contribution is 7.89. The molecule has 1 atom stereocenters. The number of fused-ring (bicyclic) bond motifs is 1. The van der Waals surface area contributed by atoms with Crippen LogP contribution in [0.3, 0.4) is 0 Å². The van der Waals surface area contributed by atoms with Crippen molar-refractivity contribution < 1.29 is 13.2 Å². The number of carbonyl (C=O) groups is 1. The van der Waals surface area contributed by atoms with Crippen LogP contribution in [0.15, 0.2) is 53.4 Å². The molecule has 1 N–H and O–H groups in total. The second-order valence-electron chi connectivity index (χ2n) is 7.30. The highest BCUT2D eigenvalue weighted by atomic mass is 35.5. The summed E-state index contributed by atoms with van der Waals surface area (Å²) in [5.74, 6) is 0.186. The Morgan fingerprint density at radius 3 is 2.73 bits per heavy atom. The summed E-state index contributed by atoms with van der Waals surface area (Å²) in [5, 5.41) is 1.54. The molecular weight excluding hydrogens is 442 g/mol. The van der Waals surface area contributed by atoms with Crippen LogP contribution in [0.2, 0.25) is 5.02 Å². The maximum absolute atomic E-state index is 12.7. The Labute approximate surface area is 184 Å². The number of amides is 1. The first-order valence-corrected chi connectivity index (χ1v) is 12.5. The fourth-order valence-corrected chi connectivity index (χ4v) is 5.87. The van der Waals surface area contributed by atoms with E-state index in [1.54, 1.807) is 11.3 Å². The average molecular weight is 464 g/mol. The maximum Gasteiger partial charge on any atom is 0.240 e. The number of halogens is 1. The second-order valence-corrected chi connectivity index (χ2v) is 10.6. The van der Waals surface area contributed by atoms with Crippen molar-refractivity contribution in [1.82, 2.24) is 14.6 Å². The highest BCUT2D eigenvalue weighted by Gasteiger charge is 2.27. The van der Waals surface area contributed by atoms with Crippen molar-refractivity contribution in [3.8, 4) is 0 Å². The van der Waals surface area contributed by atoms with Gasteiger partial charge in [-0.05, 0) is 49.2 Å². The number of para-hydroxylation sites is 1. The lowest BCUT2D eigenvalue weighted by Gasteiger charge is -2.32. The van der Waals surface area contributed by atoms with Gasteiger partial charge in [-0.25, -0.2) is 18.1 Å². The molecule has 30 heavy (non-hydrogen) atoms. The molecule has 3 aromatic rings. The van der Waals surface area contributed by atoms with Gasteiger partial charge in [0.1, 0.15) is 0 Å². The molecule has 1 amide bonds. The maximum atomic E-state index is 12.7. The standard InChI is InChI=1S/C21H22ClN3O3S2/c22-16-7-9-17(10-8-16)30(27,28)23-12-11-20(26)25-13-3-4-15(14-25)21-24-18-5-1-2-6-19(18)29-21/h1-2,5-10,15,23H,3-4,11-14H2/t15-/m0/s1. The van der Waals surface area contributed by atoms with Gasteiger partial charge in [0.05, 0.1) is 20.1 Å². The quantitative estimate of drug-likeness (QED) is 0.598. The van der Waals surface area contributed by atoms with Gasteiger partial charge in [-0.15, -0.1) is 11.3 Å². The van der Waals surface area contributed by atoms with E-state index in [1.165, 1.54) is 24.3 Å². The molecule has 1 aliphatic heterocycles. The van der Waals surface area contributed by atoms with Crippen LogP contribution < -0.4 is 4.72 Å². The summed E-state index contributed by atoms with van der Waals surface area (Å²) in [6, 6.07) is 14.0. The van der Waals surface area contributed by atoms with Crippen LogP contribution in [0.25, 0.3) is 10.2 Å². The summed E-state index contributed by atoms with van der Waals surface area (Å²) >= 11 is 7.49. The van der Waals surface area contributed by atoms with Crippen LogP contribution in [0.1, 0.15) is 30.2 Å². The van der Waals surface area contributed by atoms with E-state index in [1.807, 2.05) is 23.1 Å². The summed E-state index contributed by atoms with van der Waals surface area (Å²) in [6.07, 6.45) is 2.05. The Kier molecular flexibility index (Phi) is 6.38. The van der Waals surface area contributed by atoms with Gasteiger partial charge in [-0.3, -0.25) is 4.79 Å². The van der Waals surface area contributed by atoms with E-state index < -0.39 is 10.0 Å². The Bertz CT molecular complexity index is 1110. The SMILES string of the molecule is O=C(CCNS(=O)(=O)c1ccc(Cl)cc1)N1CCC[C@H](c2nc3ccccc3s2)C1. The van der Waals surface area contributed by atoms with E-state index in [4.69, 9.17) is 16.6 Å². The molecule has 6 nitrogen and oxygen atoms in total. The molecule has 1 saturated heterocycles. The van der Waals surface area contributed by atoms with Gasteiger partial charge in [0.2, 0.25) is 15.9 Å². The van der Waals surface area contributed by atoms with Crippen LogP contribution >= 0.6 is 22.9 Å². The van der Waals surface area contributed by atoms with Crippen molar-refractivity contribution >= 4 is 49.1 Å². The van der Waals surface area contributed by atoms with Crippen molar-refractivity contribution in [2.24, 2.45) is 0 Å². The Morgan fingerprint density at radius 2 is 1.97 bits per heavy atom. The molecular formula is C21H22ClN3O3S2. The fourth-order valence-electron chi connectivity index (χ4n) is 3.62. The lowest BCUT2D eigenvalue weighted by molar-refractivity contribution is -0.132. The molecule has 2 aromatic carbocycles. The summed E-state index contributed by atoms with van der Waals surface area (Å²) < 4.78 is 28.3. The van der Waals surface area contributed by atoms with Crippen molar-refractivity contribution in [2.75, 3.05) is 19.6 Å². The summed E-state index contributed by atoms with van der Waals surface area (Å²) in [5.41, 5.74) is 0.998. The first kappa shape index (κ1) is 21.2. The predicted molar refractivity (Wildman–Crippen MR) is 119 cm³/mol. The number of benzene rings is 2. The molecule has 0 aliphatic carbocycles. The Balaban J connectivity index is 1.33. The molecule has 1 aromatic heterocycles. The first-order chi connectivity index (χ1) is 14.4. The molecule has 0 saturated carbocycles. The third kappa shape index (κ3) is 4.83. The largest absolute Gasteiger partial charge is 0.342 e. The van der Waals surface area contributed by atoms with Crippen LogP contribution in [-0.4, -0.2) is 43.8 Å². The molecule has 158 valence electrons. The van der Waals surface area contributed by atoms with Crippen LogP contribution in [-0.2, 0) is 14.8 Å². The summed E-state index contributed by atoms with van der Waals surface area (Å²) in [7, 11) is -3.66. The number of piperidine rings is 1. The number of aromatic nitrogens is 1. The van der Waals surface area contributed by atoms with Gasteiger partial charge in [0.25, 0.3) is 0 Å². The molecule has 1 aliphatic rings. The monoisotopic (exact) mass is 463 g/mol. The van der Waals surface area contributed by atoms with E-state index in [-0.39, 0.29) is 29.7 Å². The number of hydrogen-bond acceptors (Lipinski definition) is 5. The van der Waals surface area contributed by atoms with E-state index in [0.29, 0.717) is 18.1 Å². The van der Waals surface area contributed by atoms with Gasteiger partial charge in [-0.1, -0.05) is 23.7 Å². The summed E-state index contributed by atoms with van der Waals surface area (Å²) in [4.78, 5) is 19.4. The number of sulfonamides is 1. The molecule has 4 rings (SSSR count). The van der Waals surface area contributed by atoms with Gasteiger partial charge >= 0.3 is 0 Å². The number of likely N-dealkylation sites (tertiary alicyclic amines) is 1. The number of thiazole rings is 1. The number of nitrogens with one attached hydrogen (secondary N) is 1. The minimum Gasteiger partial charge on any atom is -0.342 e. The zero-order chi connectivity index (χ0) is 21.1. The molecule has 0 bridgehead atoms. The normalized spacial score (nSPS) is 17.4. The number of carbonyl (C=O) groups excluding carboxylic acids is 1. The van der Waals surface area contributed by atoms with Gasteiger partial charge < -0.3 is 4.90 Å². The first-order valence-electron chi connectivity index (χ1n) is 9.81. The van der Waals surface area contributed by atoms with Crippen LogP contribution in [0.5, 0.6) is 0 Å². The second kappa shape index (κ2) is 9.01. The molecule has 9 heteroatoms. The minimum absolute atomic E-state index is 0.0420. The van der Waals surface area contributed by atoms with Gasteiger partial charge in [0.15, 0.2) is 0 Å². The summed E-state index contributed by atoms with van der Waals surface area (Å²) in [6.45, 7) is 1.39. The predicted octanol–water partition coefficient (Wildman–Crippen LogP) is 4.02. The smallest absolute Gasteiger partial charge is 0.240 e. The fraction of sp³-hybridized carbons (Fsp3) is 0.333. The van der Waals surface area contributed by atoms with E-state index in [9.17, 15) is 13.2 Å². The minimum atomic E-state index is -3.66. The van der Waals surface area contributed by atoms with Gasteiger partial charge in [-0.2, -0.15) is 0 Å². The van der Waals surface area contributed by atoms with E-state index >= 15 is 0 Å². The molecule has 0 spiro atoms. The molecule has 1 fully saturated rings. The van der Waals surface area contributed by atoms with Crippen LogP contribution in [0, 0.1) is 0 Å². The van der Waals surface area contributed by atoms with Crippen molar-refractivity contribution in [3.05, 3.63) is 58.6 Å². The topological polar surface area (TPSA) is 79.4 Å². The average Bonchev–Trinajstić information content (AvgIpc) is 3.18. The zero-order valence-corrected chi connectivity index (χ0v) is 18.6. The number of rotatable bonds is 6. The number of hydrogen-bond donors (Lipinski definition) is 1. The zero-order valence-electron chi connectivity index (χ0n) is 16.3. The Hall–Kier alpha value is -2.00. The van der Waals surface area contributed by atoms with Crippen molar-refractivity contribution in [1.29, 1.82) is 0 Å². The van der Waals surface area contributed by atoms with E-state index in [0.717, 1.165) is 28.1 Å². The third-order valence-corrected chi connectivity index (χ3v) is 8.12. The Morgan fingerprint density at radius 1 is 1.20 bits per heavy atom. The lowest BCUT2D eigenvalue weighted by Crippen LogP contribution is -2.40. The molecule has 0 unspecified atom stereocenters. The van der Waals surface area contributed by atoms with Crippen molar-refractivity contribution in [2.45, 2.75) is 30.1 Å². The third-order valence-electron chi connectivity index (χ3n) is 5.19. The lowest BCUT2D eigenvalue weighted by atomic mass is 9.98. The van der Waals surface area contributed by atoms with Gasteiger partial charge in [0, 0.05) is 37.0 Å². The number of nitrogens with zero attached hydrogens (tertiary/aromatic N) is 2. The van der Waals surface area contributed by atoms with Crippen molar-refractivity contribution in [3.63, 3.8) is 0 Å². The molecule has 2 heterocycles. The highest BCUT2D eigenvalue weighted by Crippen LogP contribution is 2.33. The van der Waals surface area contributed by atoms with E-state index in [2.05, 4.69) is 10.8 Å². The van der Waals surface area contributed by atoms with Crippen LogP contribution in [0.4, 0.5) is 0 Å².